The molecule has 2 heterocycles. The topological polar surface area (TPSA) is 65.5 Å². The van der Waals surface area contributed by atoms with Crippen LogP contribution >= 0.6 is 22.9 Å². The lowest BCUT2D eigenvalue weighted by atomic mass is 9.96. The third kappa shape index (κ3) is 2.76. The van der Waals surface area contributed by atoms with Crippen LogP contribution in [0, 0.1) is 5.92 Å². The number of nitrogens with one attached hydrogen (secondary N) is 1. The molecule has 0 bridgehead atoms. The fraction of sp³-hybridized carbons (Fsp3) is 0.636. The van der Waals surface area contributed by atoms with Crippen LogP contribution in [0.25, 0.3) is 0 Å². The molecule has 0 saturated carbocycles. The zero-order chi connectivity index (χ0) is 13.1. The maximum absolute atomic E-state index is 11.5. The number of hydrogen-bond donors (Lipinski definition) is 2. The molecule has 1 amide bonds. The first kappa shape index (κ1) is 13.6. The molecule has 0 unspecified atom stereocenters. The van der Waals surface area contributed by atoms with Gasteiger partial charge in [0.2, 0.25) is 5.91 Å². The predicted octanol–water partition coefficient (Wildman–Crippen LogP) is 1.25. The highest BCUT2D eigenvalue weighted by Crippen LogP contribution is 2.32. The second-order valence-corrected chi connectivity index (χ2v) is 5.66. The summed E-state index contributed by atoms with van der Waals surface area (Å²) in [5, 5.41) is 13.0. The molecule has 1 aliphatic rings. The average molecular weight is 290 g/mol. The SMILES string of the molecule is CNC(=O)C1CCN(c2nc(Cl)c(CO)s2)CC1. The minimum atomic E-state index is -0.0782. The van der Waals surface area contributed by atoms with E-state index in [1.807, 2.05) is 0 Å². The van der Waals surface area contributed by atoms with Crippen molar-refractivity contribution in [3.8, 4) is 0 Å². The Kier molecular flexibility index (Phi) is 4.42. The van der Waals surface area contributed by atoms with E-state index in [-0.39, 0.29) is 18.4 Å². The molecule has 0 aliphatic carbocycles. The van der Waals surface area contributed by atoms with Gasteiger partial charge in [0.15, 0.2) is 5.13 Å². The van der Waals surface area contributed by atoms with Gasteiger partial charge in [-0.2, -0.15) is 0 Å². The lowest BCUT2D eigenvalue weighted by Gasteiger charge is -2.30. The molecule has 1 fully saturated rings. The van der Waals surface area contributed by atoms with E-state index in [0.717, 1.165) is 31.1 Å². The van der Waals surface area contributed by atoms with E-state index < -0.39 is 0 Å². The van der Waals surface area contributed by atoms with Crippen molar-refractivity contribution in [2.45, 2.75) is 19.4 Å². The van der Waals surface area contributed by atoms with Crippen LogP contribution in [0.4, 0.5) is 5.13 Å². The van der Waals surface area contributed by atoms with Gasteiger partial charge in [-0.3, -0.25) is 4.79 Å². The fourth-order valence-electron chi connectivity index (χ4n) is 2.09. The molecule has 5 nitrogen and oxygen atoms in total. The Morgan fingerprint density at radius 3 is 2.78 bits per heavy atom. The molecule has 1 aromatic rings. The number of aliphatic hydroxyl groups excluding tert-OH is 1. The van der Waals surface area contributed by atoms with Crippen LogP contribution in [0.3, 0.4) is 0 Å². The molecule has 18 heavy (non-hydrogen) atoms. The van der Waals surface area contributed by atoms with Crippen LogP contribution in [-0.4, -0.2) is 36.1 Å². The van der Waals surface area contributed by atoms with Gasteiger partial charge in [0, 0.05) is 26.1 Å². The summed E-state index contributed by atoms with van der Waals surface area (Å²) in [6, 6.07) is 0. The van der Waals surface area contributed by atoms with Gasteiger partial charge in [0.1, 0.15) is 5.15 Å². The third-order valence-corrected chi connectivity index (χ3v) is 4.69. The van der Waals surface area contributed by atoms with E-state index in [1.54, 1.807) is 7.05 Å². The highest BCUT2D eigenvalue weighted by molar-refractivity contribution is 7.16. The second-order valence-electron chi connectivity index (χ2n) is 4.24. The molecule has 0 spiro atoms. The van der Waals surface area contributed by atoms with E-state index in [0.29, 0.717) is 10.0 Å². The lowest BCUT2D eigenvalue weighted by Crippen LogP contribution is -2.39. The summed E-state index contributed by atoms with van der Waals surface area (Å²) in [6.45, 7) is 1.52. The Hall–Kier alpha value is -0.850. The van der Waals surface area contributed by atoms with Gasteiger partial charge in [-0.25, -0.2) is 4.98 Å². The zero-order valence-corrected chi connectivity index (χ0v) is 11.7. The largest absolute Gasteiger partial charge is 0.391 e. The minimum Gasteiger partial charge on any atom is -0.391 e. The Balaban J connectivity index is 1.98. The van der Waals surface area contributed by atoms with Gasteiger partial charge in [-0.05, 0) is 12.8 Å². The number of rotatable bonds is 3. The summed E-state index contributed by atoms with van der Waals surface area (Å²) < 4.78 is 0. The van der Waals surface area contributed by atoms with Crippen molar-refractivity contribution in [2.24, 2.45) is 5.92 Å². The summed E-state index contributed by atoms with van der Waals surface area (Å²) in [4.78, 5) is 18.6. The zero-order valence-electron chi connectivity index (χ0n) is 10.1. The van der Waals surface area contributed by atoms with Crippen LogP contribution in [0.5, 0.6) is 0 Å². The number of hydrogen-bond acceptors (Lipinski definition) is 5. The summed E-state index contributed by atoms with van der Waals surface area (Å²) in [7, 11) is 1.67. The summed E-state index contributed by atoms with van der Waals surface area (Å²) in [5.74, 6) is 0.210. The number of aromatic nitrogens is 1. The number of carbonyl (C=O) groups excluding carboxylic acids is 1. The van der Waals surface area contributed by atoms with Crippen LogP contribution in [0.1, 0.15) is 17.7 Å². The van der Waals surface area contributed by atoms with E-state index in [2.05, 4.69) is 15.2 Å². The maximum atomic E-state index is 11.5. The molecule has 1 aromatic heterocycles. The molecule has 7 heteroatoms. The summed E-state index contributed by atoms with van der Waals surface area (Å²) in [6.07, 6.45) is 1.65. The van der Waals surface area contributed by atoms with Gasteiger partial charge in [-0.15, -0.1) is 0 Å². The van der Waals surface area contributed by atoms with Crippen molar-refractivity contribution in [1.82, 2.24) is 10.3 Å². The molecule has 100 valence electrons. The van der Waals surface area contributed by atoms with Gasteiger partial charge >= 0.3 is 0 Å². The van der Waals surface area contributed by atoms with E-state index in [9.17, 15) is 4.79 Å². The van der Waals surface area contributed by atoms with E-state index in [1.165, 1.54) is 11.3 Å². The van der Waals surface area contributed by atoms with Crippen molar-refractivity contribution in [3.05, 3.63) is 10.0 Å². The molecule has 0 atom stereocenters. The molecule has 0 aromatic carbocycles. The minimum absolute atomic E-state index is 0.0782. The highest BCUT2D eigenvalue weighted by atomic mass is 35.5. The number of thiazole rings is 1. The Bertz CT molecular complexity index is 430. The number of amides is 1. The number of halogens is 1. The first-order chi connectivity index (χ1) is 8.65. The van der Waals surface area contributed by atoms with Crippen molar-refractivity contribution in [3.63, 3.8) is 0 Å². The van der Waals surface area contributed by atoms with Crippen LogP contribution in [0.15, 0.2) is 0 Å². The quantitative estimate of drug-likeness (QED) is 0.879. The van der Waals surface area contributed by atoms with Crippen molar-refractivity contribution < 1.29 is 9.90 Å². The van der Waals surface area contributed by atoms with Gasteiger partial charge in [0.05, 0.1) is 11.5 Å². The van der Waals surface area contributed by atoms with Crippen molar-refractivity contribution >= 4 is 34.0 Å². The fourth-order valence-corrected chi connectivity index (χ4v) is 3.26. The average Bonchev–Trinajstić information content (AvgIpc) is 2.79. The molecular weight excluding hydrogens is 274 g/mol. The number of aliphatic hydroxyl groups is 1. The van der Waals surface area contributed by atoms with Gasteiger partial charge < -0.3 is 15.3 Å². The van der Waals surface area contributed by atoms with Crippen molar-refractivity contribution in [1.29, 1.82) is 0 Å². The third-order valence-electron chi connectivity index (χ3n) is 3.16. The van der Waals surface area contributed by atoms with Crippen LogP contribution in [0.2, 0.25) is 5.15 Å². The Morgan fingerprint density at radius 1 is 1.61 bits per heavy atom. The number of carbonyl (C=O) groups is 1. The van der Waals surface area contributed by atoms with E-state index >= 15 is 0 Å². The Labute approximate surface area is 115 Å². The molecule has 1 saturated heterocycles. The van der Waals surface area contributed by atoms with Gasteiger partial charge in [-0.1, -0.05) is 22.9 Å². The summed E-state index contributed by atoms with van der Waals surface area (Å²) in [5.41, 5.74) is 0. The Morgan fingerprint density at radius 2 is 2.28 bits per heavy atom. The lowest BCUT2D eigenvalue weighted by molar-refractivity contribution is -0.125. The predicted molar refractivity (Wildman–Crippen MR) is 72.1 cm³/mol. The first-order valence-corrected chi connectivity index (χ1v) is 7.07. The number of nitrogens with zero attached hydrogens (tertiary/aromatic N) is 2. The van der Waals surface area contributed by atoms with Crippen LogP contribution in [-0.2, 0) is 11.4 Å². The maximum Gasteiger partial charge on any atom is 0.222 e. The number of anilines is 1. The first-order valence-electron chi connectivity index (χ1n) is 5.88. The highest BCUT2D eigenvalue weighted by Gasteiger charge is 2.26. The smallest absolute Gasteiger partial charge is 0.222 e. The van der Waals surface area contributed by atoms with E-state index in [4.69, 9.17) is 16.7 Å². The monoisotopic (exact) mass is 289 g/mol. The van der Waals surface area contributed by atoms with Crippen LogP contribution < -0.4 is 10.2 Å². The molecule has 2 N–H and O–H groups in total. The standard InChI is InChI=1S/C11H16ClN3O2S/c1-13-10(17)7-2-4-15(5-3-7)11-14-9(12)8(6-16)18-11/h7,16H,2-6H2,1H3,(H,13,17). The molecule has 0 radical (unpaired) electrons. The second kappa shape index (κ2) is 5.86. The van der Waals surface area contributed by atoms with Crippen molar-refractivity contribution in [2.75, 3.05) is 25.0 Å². The molecular formula is C11H16ClN3O2S. The number of piperidine rings is 1. The normalized spacial score (nSPS) is 16.9. The summed E-state index contributed by atoms with van der Waals surface area (Å²) >= 11 is 7.33. The van der Waals surface area contributed by atoms with Gasteiger partial charge in [0.25, 0.3) is 0 Å². The molecule has 2 rings (SSSR count). The molecule has 1 aliphatic heterocycles.